The number of nitrogens with one attached hydrogen (secondary N) is 3. The number of rotatable bonds is 10. The van der Waals surface area contributed by atoms with Crippen molar-refractivity contribution >= 4 is 36.0 Å². The molecule has 1 unspecified atom stereocenters. The van der Waals surface area contributed by atoms with E-state index in [9.17, 15) is 4.79 Å². The van der Waals surface area contributed by atoms with Crippen molar-refractivity contribution in [1.29, 1.82) is 0 Å². The standard InChI is InChI=1S/C22H38N4O4.HI/c1-8-28-18-12-11-17(15-19(18)29-9-2)16(3)26-20(23-7)24-13-10-14-25-21(27)30-22(4,5)6;/h11-12,15-16H,8-10,13-14H2,1-7H3,(H,25,27)(H2,23,24,26);1H. The Morgan fingerprint density at radius 3 is 2.26 bits per heavy atom. The second kappa shape index (κ2) is 15.0. The fourth-order valence-corrected chi connectivity index (χ4v) is 2.62. The molecular formula is C22H39IN4O4. The first-order valence-corrected chi connectivity index (χ1v) is 10.5. The summed E-state index contributed by atoms with van der Waals surface area (Å²) in [5.41, 5.74) is 0.573. The summed E-state index contributed by atoms with van der Waals surface area (Å²) in [7, 11) is 1.73. The number of ether oxygens (including phenoxy) is 3. The number of halogens is 1. The van der Waals surface area contributed by atoms with E-state index >= 15 is 0 Å². The van der Waals surface area contributed by atoms with Crippen molar-refractivity contribution in [3.05, 3.63) is 23.8 Å². The molecule has 1 amide bonds. The quantitative estimate of drug-likeness (QED) is 0.175. The Bertz CT molecular complexity index is 693. The Balaban J connectivity index is 0.00000900. The van der Waals surface area contributed by atoms with Crippen LogP contribution in [-0.4, -0.2) is 51.0 Å². The van der Waals surface area contributed by atoms with Crippen LogP contribution in [0, 0.1) is 0 Å². The third-order valence-corrected chi connectivity index (χ3v) is 3.96. The molecule has 0 saturated carbocycles. The molecule has 1 aromatic carbocycles. The van der Waals surface area contributed by atoms with Crippen LogP contribution in [-0.2, 0) is 4.74 Å². The van der Waals surface area contributed by atoms with Gasteiger partial charge in [-0.2, -0.15) is 0 Å². The zero-order valence-corrected chi connectivity index (χ0v) is 22.2. The molecule has 0 aliphatic heterocycles. The van der Waals surface area contributed by atoms with E-state index in [0.29, 0.717) is 32.3 Å². The highest BCUT2D eigenvalue weighted by molar-refractivity contribution is 14.0. The second-order valence-corrected chi connectivity index (χ2v) is 7.72. The van der Waals surface area contributed by atoms with E-state index in [4.69, 9.17) is 14.2 Å². The molecule has 0 fully saturated rings. The van der Waals surface area contributed by atoms with Crippen molar-refractivity contribution in [3.63, 3.8) is 0 Å². The van der Waals surface area contributed by atoms with Crippen LogP contribution >= 0.6 is 24.0 Å². The lowest BCUT2D eigenvalue weighted by molar-refractivity contribution is 0.0527. The highest BCUT2D eigenvalue weighted by atomic mass is 127. The molecule has 1 rings (SSSR count). The number of amides is 1. The molecule has 8 nitrogen and oxygen atoms in total. The molecule has 0 aliphatic carbocycles. The minimum absolute atomic E-state index is 0. The average molecular weight is 550 g/mol. The van der Waals surface area contributed by atoms with Gasteiger partial charge in [-0.05, 0) is 65.7 Å². The van der Waals surface area contributed by atoms with Crippen LogP contribution in [0.4, 0.5) is 4.79 Å². The van der Waals surface area contributed by atoms with E-state index < -0.39 is 11.7 Å². The second-order valence-electron chi connectivity index (χ2n) is 7.72. The van der Waals surface area contributed by atoms with Gasteiger partial charge in [0.1, 0.15) is 5.60 Å². The van der Waals surface area contributed by atoms with Gasteiger partial charge < -0.3 is 30.2 Å². The fourth-order valence-electron chi connectivity index (χ4n) is 2.62. The lowest BCUT2D eigenvalue weighted by atomic mass is 10.1. The van der Waals surface area contributed by atoms with E-state index in [0.717, 1.165) is 23.5 Å². The Morgan fingerprint density at radius 2 is 1.68 bits per heavy atom. The zero-order valence-electron chi connectivity index (χ0n) is 19.8. The molecule has 0 aromatic heterocycles. The van der Waals surface area contributed by atoms with Gasteiger partial charge in [0.05, 0.1) is 19.3 Å². The fraction of sp³-hybridized carbons (Fsp3) is 0.636. The number of aliphatic imine (C=N–C) groups is 1. The molecule has 0 radical (unpaired) electrons. The minimum Gasteiger partial charge on any atom is -0.490 e. The van der Waals surface area contributed by atoms with Gasteiger partial charge in [0.25, 0.3) is 0 Å². The Hall–Kier alpha value is -1.91. The third kappa shape index (κ3) is 11.9. The lowest BCUT2D eigenvalue weighted by Gasteiger charge is -2.20. The predicted molar refractivity (Wildman–Crippen MR) is 136 cm³/mol. The van der Waals surface area contributed by atoms with Gasteiger partial charge in [-0.25, -0.2) is 4.79 Å². The van der Waals surface area contributed by atoms with Gasteiger partial charge in [-0.15, -0.1) is 24.0 Å². The van der Waals surface area contributed by atoms with E-state index in [1.165, 1.54) is 0 Å². The summed E-state index contributed by atoms with van der Waals surface area (Å²) >= 11 is 0. The molecule has 0 aliphatic rings. The van der Waals surface area contributed by atoms with E-state index in [-0.39, 0.29) is 30.0 Å². The monoisotopic (exact) mass is 550 g/mol. The van der Waals surface area contributed by atoms with Crippen molar-refractivity contribution in [2.75, 3.05) is 33.4 Å². The topological polar surface area (TPSA) is 93.2 Å². The summed E-state index contributed by atoms with van der Waals surface area (Å²) in [6.07, 6.45) is 0.338. The van der Waals surface area contributed by atoms with Crippen molar-refractivity contribution in [1.82, 2.24) is 16.0 Å². The first-order chi connectivity index (χ1) is 14.2. The lowest BCUT2D eigenvalue weighted by Crippen LogP contribution is -2.40. The third-order valence-electron chi connectivity index (χ3n) is 3.96. The summed E-state index contributed by atoms with van der Waals surface area (Å²) in [6, 6.07) is 5.96. The molecule has 0 bridgehead atoms. The van der Waals surface area contributed by atoms with Crippen molar-refractivity contribution in [2.24, 2.45) is 4.99 Å². The SMILES string of the molecule is CCOc1ccc(C(C)NC(=NC)NCCCNC(=O)OC(C)(C)C)cc1OCC.I. The van der Waals surface area contributed by atoms with Crippen LogP contribution in [0.1, 0.15) is 59.6 Å². The van der Waals surface area contributed by atoms with Gasteiger partial charge in [0.2, 0.25) is 0 Å². The molecule has 9 heteroatoms. The number of alkyl carbamates (subject to hydrolysis) is 1. The summed E-state index contributed by atoms with van der Waals surface area (Å²) in [5.74, 6) is 2.17. The Kier molecular flexibility index (Phi) is 14.1. The number of carbonyl (C=O) groups is 1. The summed E-state index contributed by atoms with van der Waals surface area (Å²) in [6.45, 7) is 13.8. The molecule has 31 heavy (non-hydrogen) atoms. The Labute approximate surface area is 203 Å². The van der Waals surface area contributed by atoms with Crippen LogP contribution in [0.25, 0.3) is 0 Å². The molecule has 0 heterocycles. The molecule has 1 atom stereocenters. The van der Waals surface area contributed by atoms with Gasteiger partial charge in [0.15, 0.2) is 17.5 Å². The molecule has 178 valence electrons. The van der Waals surface area contributed by atoms with Crippen LogP contribution in [0.3, 0.4) is 0 Å². The highest BCUT2D eigenvalue weighted by Crippen LogP contribution is 2.30. The Morgan fingerprint density at radius 1 is 1.06 bits per heavy atom. The van der Waals surface area contributed by atoms with Gasteiger partial charge >= 0.3 is 6.09 Å². The van der Waals surface area contributed by atoms with E-state index in [2.05, 4.69) is 27.9 Å². The largest absolute Gasteiger partial charge is 0.490 e. The molecule has 1 aromatic rings. The summed E-state index contributed by atoms with van der Waals surface area (Å²) < 4.78 is 16.5. The number of nitrogens with zero attached hydrogens (tertiary/aromatic N) is 1. The van der Waals surface area contributed by atoms with E-state index in [1.807, 2.05) is 52.8 Å². The molecule has 0 spiro atoms. The maximum absolute atomic E-state index is 11.6. The van der Waals surface area contributed by atoms with Gasteiger partial charge in [-0.3, -0.25) is 4.99 Å². The van der Waals surface area contributed by atoms with Crippen LogP contribution in [0.15, 0.2) is 23.2 Å². The smallest absolute Gasteiger partial charge is 0.407 e. The number of guanidine groups is 1. The number of carbonyl (C=O) groups excluding carboxylic acids is 1. The van der Waals surface area contributed by atoms with Gasteiger partial charge in [-0.1, -0.05) is 6.07 Å². The molecule has 0 saturated heterocycles. The van der Waals surface area contributed by atoms with Crippen molar-refractivity contribution in [3.8, 4) is 11.5 Å². The molecule has 3 N–H and O–H groups in total. The van der Waals surface area contributed by atoms with Crippen molar-refractivity contribution in [2.45, 2.75) is 59.6 Å². The minimum atomic E-state index is -0.493. The van der Waals surface area contributed by atoms with Crippen LogP contribution < -0.4 is 25.4 Å². The zero-order chi connectivity index (χ0) is 22.6. The maximum Gasteiger partial charge on any atom is 0.407 e. The summed E-state index contributed by atoms with van der Waals surface area (Å²) in [5, 5.41) is 9.36. The average Bonchev–Trinajstić information content (AvgIpc) is 2.67. The van der Waals surface area contributed by atoms with Crippen LogP contribution in [0.5, 0.6) is 11.5 Å². The maximum atomic E-state index is 11.6. The summed E-state index contributed by atoms with van der Waals surface area (Å²) in [4.78, 5) is 15.9. The van der Waals surface area contributed by atoms with Crippen molar-refractivity contribution < 1.29 is 19.0 Å². The first-order valence-electron chi connectivity index (χ1n) is 10.5. The number of hydrogen-bond acceptors (Lipinski definition) is 5. The molecular weight excluding hydrogens is 511 g/mol. The normalized spacial score (nSPS) is 12.3. The first kappa shape index (κ1) is 29.1. The van der Waals surface area contributed by atoms with E-state index in [1.54, 1.807) is 7.05 Å². The van der Waals surface area contributed by atoms with Gasteiger partial charge in [0, 0.05) is 20.1 Å². The predicted octanol–water partition coefficient (Wildman–Crippen LogP) is 4.24. The number of hydrogen-bond donors (Lipinski definition) is 3. The number of benzene rings is 1. The highest BCUT2D eigenvalue weighted by Gasteiger charge is 2.15. The van der Waals surface area contributed by atoms with Crippen LogP contribution in [0.2, 0.25) is 0 Å².